The molecule has 0 aliphatic heterocycles. The van der Waals surface area contributed by atoms with Gasteiger partial charge in [-0.3, -0.25) is 0 Å². The number of allylic oxidation sites excluding steroid dienone is 1. The van der Waals surface area contributed by atoms with E-state index in [9.17, 15) is 0 Å². The Labute approximate surface area is 137 Å². The van der Waals surface area contributed by atoms with Crippen LogP contribution < -0.4 is 0 Å². The van der Waals surface area contributed by atoms with Gasteiger partial charge < -0.3 is 0 Å². The summed E-state index contributed by atoms with van der Waals surface area (Å²) in [5.74, 6) is 0. The molecule has 0 aromatic heterocycles. The summed E-state index contributed by atoms with van der Waals surface area (Å²) in [6.45, 7) is 10.5. The van der Waals surface area contributed by atoms with E-state index in [-0.39, 0.29) is 4.97 Å². The van der Waals surface area contributed by atoms with Gasteiger partial charge >= 0.3 is 0 Å². The maximum absolute atomic E-state index is 5.65. The first-order chi connectivity index (χ1) is 10.7. The number of rotatable bonds is 16. The first-order valence-corrected chi connectivity index (χ1v) is 9.21. The zero-order chi connectivity index (χ0) is 16.5. The first kappa shape index (κ1) is 21.6. The van der Waals surface area contributed by atoms with Gasteiger partial charge in [-0.05, 0) is 33.6 Å². The van der Waals surface area contributed by atoms with E-state index in [4.69, 9.17) is 14.5 Å². The van der Waals surface area contributed by atoms with Gasteiger partial charge in [0, 0.05) is 6.42 Å². The average molecular weight is 317 g/mol. The molecule has 4 heteroatoms. The van der Waals surface area contributed by atoms with Crippen molar-refractivity contribution in [3.8, 4) is 0 Å². The SMILES string of the molecule is CCCCCCCCC=CCC[N+](OCC)(OCC)OCC. The highest BCUT2D eigenvalue weighted by atomic mass is 17.2. The van der Waals surface area contributed by atoms with Crippen LogP contribution in [0.5, 0.6) is 0 Å². The van der Waals surface area contributed by atoms with Crippen LogP contribution in [0.15, 0.2) is 12.2 Å². The van der Waals surface area contributed by atoms with Crippen molar-refractivity contribution in [3.05, 3.63) is 12.2 Å². The van der Waals surface area contributed by atoms with Crippen molar-refractivity contribution in [2.75, 3.05) is 26.4 Å². The lowest BCUT2D eigenvalue weighted by atomic mass is 10.1. The molecule has 0 saturated heterocycles. The molecule has 0 aromatic carbocycles. The molecule has 132 valence electrons. The maximum Gasteiger partial charge on any atom is 0.181 e. The highest BCUT2D eigenvalue weighted by Crippen LogP contribution is 2.14. The van der Waals surface area contributed by atoms with Crippen LogP contribution in [0.2, 0.25) is 0 Å². The smallest absolute Gasteiger partial charge is 0.132 e. The Morgan fingerprint density at radius 3 is 1.68 bits per heavy atom. The molecule has 0 atom stereocenters. The zero-order valence-electron chi connectivity index (χ0n) is 15.3. The van der Waals surface area contributed by atoms with Crippen LogP contribution in [0.3, 0.4) is 0 Å². The molecular weight excluding hydrogens is 278 g/mol. The molecular formula is C18H38NO3+. The van der Waals surface area contributed by atoms with Crippen molar-refractivity contribution in [1.29, 1.82) is 0 Å². The largest absolute Gasteiger partial charge is 0.181 e. The highest BCUT2D eigenvalue weighted by molar-refractivity contribution is 4.80. The minimum atomic E-state index is -0.148. The van der Waals surface area contributed by atoms with Crippen molar-refractivity contribution in [1.82, 2.24) is 0 Å². The Bertz CT molecular complexity index is 240. The molecule has 0 heterocycles. The molecule has 0 radical (unpaired) electrons. The fourth-order valence-electron chi connectivity index (χ4n) is 2.41. The van der Waals surface area contributed by atoms with E-state index in [2.05, 4.69) is 19.1 Å². The summed E-state index contributed by atoms with van der Waals surface area (Å²) in [6, 6.07) is 0. The van der Waals surface area contributed by atoms with E-state index < -0.39 is 0 Å². The Morgan fingerprint density at radius 2 is 1.14 bits per heavy atom. The standard InChI is InChI=1S/C18H38NO3/c1-5-9-10-11-12-13-14-15-16-17-18-19(20-6-2,21-7-3)22-8-4/h15-16H,5-14,17-18H2,1-4H3/q+1. The van der Waals surface area contributed by atoms with Crippen molar-refractivity contribution in [2.45, 2.75) is 79.1 Å². The van der Waals surface area contributed by atoms with Crippen molar-refractivity contribution >= 4 is 0 Å². The number of nitrogens with zero attached hydrogens (tertiary/aromatic N) is 1. The molecule has 0 fully saturated rings. The fraction of sp³-hybridized carbons (Fsp3) is 0.889. The summed E-state index contributed by atoms with van der Waals surface area (Å²) >= 11 is 0. The Morgan fingerprint density at radius 1 is 0.636 bits per heavy atom. The average Bonchev–Trinajstić information content (AvgIpc) is 2.50. The summed E-state index contributed by atoms with van der Waals surface area (Å²) in [4.78, 5) is 16.8. The predicted molar refractivity (Wildman–Crippen MR) is 91.8 cm³/mol. The second kappa shape index (κ2) is 15.5. The maximum atomic E-state index is 5.65. The monoisotopic (exact) mass is 316 g/mol. The second-order valence-electron chi connectivity index (χ2n) is 5.40. The summed E-state index contributed by atoms with van der Waals surface area (Å²) in [7, 11) is 0. The van der Waals surface area contributed by atoms with Crippen molar-refractivity contribution in [2.24, 2.45) is 0 Å². The quantitative estimate of drug-likeness (QED) is 0.166. The lowest BCUT2D eigenvalue weighted by Gasteiger charge is -2.27. The van der Waals surface area contributed by atoms with Crippen molar-refractivity contribution < 1.29 is 19.5 Å². The Balaban J connectivity index is 3.88. The molecule has 0 N–H and O–H groups in total. The van der Waals surface area contributed by atoms with Crippen molar-refractivity contribution in [3.63, 3.8) is 0 Å². The highest BCUT2D eigenvalue weighted by Gasteiger charge is 2.32. The Kier molecular flexibility index (Phi) is 15.2. The van der Waals surface area contributed by atoms with Gasteiger partial charge in [-0.15, -0.1) is 14.5 Å². The topological polar surface area (TPSA) is 27.7 Å². The molecule has 4 nitrogen and oxygen atoms in total. The van der Waals surface area contributed by atoms with Crippen LogP contribution in [0.25, 0.3) is 0 Å². The van der Waals surface area contributed by atoms with Gasteiger partial charge in [0.2, 0.25) is 0 Å². The molecule has 0 spiro atoms. The van der Waals surface area contributed by atoms with Gasteiger partial charge in [-0.25, -0.2) is 0 Å². The van der Waals surface area contributed by atoms with Crippen LogP contribution in [-0.4, -0.2) is 31.3 Å². The number of quaternary nitrogens is 1. The van der Waals surface area contributed by atoms with Gasteiger partial charge in [-0.2, -0.15) is 0 Å². The Hall–Kier alpha value is -0.420. The molecule has 22 heavy (non-hydrogen) atoms. The molecule has 0 aliphatic rings. The van der Waals surface area contributed by atoms with Crippen LogP contribution in [0.1, 0.15) is 79.1 Å². The zero-order valence-corrected chi connectivity index (χ0v) is 15.3. The van der Waals surface area contributed by atoms with E-state index in [0.717, 1.165) is 6.42 Å². The fourth-order valence-corrected chi connectivity index (χ4v) is 2.41. The van der Waals surface area contributed by atoms with Crippen LogP contribution >= 0.6 is 0 Å². The van der Waals surface area contributed by atoms with E-state index >= 15 is 0 Å². The molecule has 0 bridgehead atoms. The van der Waals surface area contributed by atoms with Gasteiger partial charge in [0.05, 0.1) is 4.97 Å². The van der Waals surface area contributed by atoms with Crippen LogP contribution in [0, 0.1) is 0 Å². The number of hydrogen-bond acceptors (Lipinski definition) is 3. The molecule has 0 rings (SSSR count). The molecule has 0 unspecified atom stereocenters. The normalized spacial score (nSPS) is 12.4. The van der Waals surface area contributed by atoms with Crippen LogP contribution in [0.4, 0.5) is 0 Å². The second-order valence-corrected chi connectivity index (χ2v) is 5.40. The summed E-state index contributed by atoms with van der Waals surface area (Å²) < 4.78 is 0. The number of hydrogen-bond donors (Lipinski definition) is 0. The lowest BCUT2D eigenvalue weighted by Crippen LogP contribution is -2.48. The summed E-state index contributed by atoms with van der Waals surface area (Å²) in [6.07, 6.45) is 14.7. The third-order valence-electron chi connectivity index (χ3n) is 3.44. The number of hydroxylamine groups is 3. The van der Waals surface area contributed by atoms with Gasteiger partial charge in [-0.1, -0.05) is 51.2 Å². The minimum absolute atomic E-state index is 0.148. The third-order valence-corrected chi connectivity index (χ3v) is 3.44. The van der Waals surface area contributed by atoms with Gasteiger partial charge in [0.25, 0.3) is 0 Å². The van der Waals surface area contributed by atoms with E-state index in [0.29, 0.717) is 26.4 Å². The minimum Gasteiger partial charge on any atom is -0.132 e. The van der Waals surface area contributed by atoms with E-state index in [1.54, 1.807) is 0 Å². The van der Waals surface area contributed by atoms with E-state index in [1.807, 2.05) is 20.8 Å². The van der Waals surface area contributed by atoms with Crippen LogP contribution in [-0.2, 0) is 14.5 Å². The predicted octanol–water partition coefficient (Wildman–Crippen LogP) is 5.35. The number of unbranched alkanes of at least 4 members (excludes halogenated alkanes) is 6. The first-order valence-electron chi connectivity index (χ1n) is 9.21. The molecule has 0 aliphatic carbocycles. The molecule has 0 saturated carbocycles. The lowest BCUT2D eigenvalue weighted by molar-refractivity contribution is -1.37. The van der Waals surface area contributed by atoms with E-state index in [1.165, 1.54) is 44.9 Å². The molecule has 0 aromatic rings. The third kappa shape index (κ3) is 11.2. The van der Waals surface area contributed by atoms with Gasteiger partial charge in [0.1, 0.15) is 19.8 Å². The summed E-state index contributed by atoms with van der Waals surface area (Å²) in [5, 5.41) is 0. The molecule has 0 amide bonds. The van der Waals surface area contributed by atoms with Gasteiger partial charge in [0.15, 0.2) is 6.54 Å². The summed E-state index contributed by atoms with van der Waals surface area (Å²) in [5.41, 5.74) is 0.